The minimum atomic E-state index is -1.21. The Hall–Kier alpha value is -3.26. The highest BCUT2D eigenvalue weighted by molar-refractivity contribution is 6.05. The molecule has 0 saturated heterocycles. The SMILES string of the molecule is C1CC1.CCOc1cc([C@@H](CCN)N2Cc3cccc(NC(=O)O)c3C2=O)ccc1OC. The van der Waals surface area contributed by atoms with Gasteiger partial charge in [-0.25, -0.2) is 4.79 Å². The second-order valence-corrected chi connectivity index (χ2v) is 7.70. The maximum absolute atomic E-state index is 13.2. The Morgan fingerprint density at radius 2 is 1.97 bits per heavy atom. The van der Waals surface area contributed by atoms with Crippen molar-refractivity contribution < 1.29 is 24.2 Å². The molecule has 2 aromatic carbocycles. The van der Waals surface area contributed by atoms with Gasteiger partial charge in [0.15, 0.2) is 11.5 Å². The summed E-state index contributed by atoms with van der Waals surface area (Å²) in [5.41, 5.74) is 8.19. The largest absolute Gasteiger partial charge is 0.493 e. The third kappa shape index (κ3) is 5.50. The number of carboxylic acid groups (broad SMARTS) is 1. The summed E-state index contributed by atoms with van der Waals surface area (Å²) >= 11 is 0. The number of methoxy groups -OCH3 is 1. The zero-order valence-electron chi connectivity index (χ0n) is 18.6. The summed E-state index contributed by atoms with van der Waals surface area (Å²) in [4.78, 5) is 26.0. The van der Waals surface area contributed by atoms with Gasteiger partial charge in [-0.15, -0.1) is 0 Å². The quantitative estimate of drug-likeness (QED) is 0.559. The minimum absolute atomic E-state index is 0.225. The number of nitrogens with zero attached hydrogens (tertiary/aromatic N) is 1. The van der Waals surface area contributed by atoms with Crippen LogP contribution in [0, 0.1) is 0 Å². The Balaban J connectivity index is 0.000000887. The second-order valence-electron chi connectivity index (χ2n) is 7.70. The molecule has 8 heteroatoms. The predicted octanol–water partition coefficient (Wildman–Crippen LogP) is 4.40. The van der Waals surface area contributed by atoms with Crippen LogP contribution in [0.15, 0.2) is 36.4 Å². The maximum atomic E-state index is 13.2. The summed E-state index contributed by atoms with van der Waals surface area (Å²) in [5, 5.41) is 11.4. The maximum Gasteiger partial charge on any atom is 0.409 e. The lowest BCUT2D eigenvalue weighted by Gasteiger charge is -2.28. The molecule has 1 saturated carbocycles. The number of benzene rings is 2. The second kappa shape index (κ2) is 10.9. The van der Waals surface area contributed by atoms with Gasteiger partial charge in [0, 0.05) is 6.54 Å². The van der Waals surface area contributed by atoms with E-state index >= 15 is 0 Å². The van der Waals surface area contributed by atoms with Crippen molar-refractivity contribution in [1.82, 2.24) is 4.90 Å². The first-order valence-corrected chi connectivity index (χ1v) is 10.9. The Labute approximate surface area is 188 Å². The molecule has 2 amide bonds. The summed E-state index contributed by atoms with van der Waals surface area (Å²) in [6, 6.07) is 10.5. The molecule has 2 aromatic rings. The Morgan fingerprint density at radius 1 is 1.22 bits per heavy atom. The Kier molecular flexibility index (Phi) is 7.94. The van der Waals surface area contributed by atoms with Gasteiger partial charge in [-0.05, 0) is 49.2 Å². The van der Waals surface area contributed by atoms with Crippen molar-refractivity contribution in [3.63, 3.8) is 0 Å². The average molecular weight is 442 g/mol. The number of hydrogen-bond donors (Lipinski definition) is 3. The van der Waals surface area contributed by atoms with Crippen LogP contribution in [-0.2, 0) is 6.54 Å². The summed E-state index contributed by atoms with van der Waals surface area (Å²) in [6.07, 6.45) is 3.85. The van der Waals surface area contributed by atoms with Crippen LogP contribution in [0.5, 0.6) is 11.5 Å². The normalized spacial score (nSPS) is 14.7. The van der Waals surface area contributed by atoms with Crippen molar-refractivity contribution in [2.24, 2.45) is 5.73 Å². The zero-order valence-corrected chi connectivity index (χ0v) is 18.6. The molecular weight excluding hydrogens is 410 g/mol. The Bertz CT molecular complexity index is 958. The summed E-state index contributed by atoms with van der Waals surface area (Å²) in [5.74, 6) is 0.995. The number of ether oxygens (including phenoxy) is 2. The highest BCUT2D eigenvalue weighted by atomic mass is 16.5. The lowest BCUT2D eigenvalue weighted by Crippen LogP contribution is -2.31. The van der Waals surface area contributed by atoms with Gasteiger partial charge < -0.3 is 25.2 Å². The molecule has 1 fully saturated rings. The van der Waals surface area contributed by atoms with Gasteiger partial charge in [-0.1, -0.05) is 37.5 Å². The molecule has 0 spiro atoms. The molecule has 32 heavy (non-hydrogen) atoms. The van der Waals surface area contributed by atoms with Crippen molar-refractivity contribution >= 4 is 17.7 Å². The number of fused-ring (bicyclic) bond motifs is 1. The number of anilines is 1. The van der Waals surface area contributed by atoms with Crippen molar-refractivity contribution in [2.45, 2.75) is 45.2 Å². The van der Waals surface area contributed by atoms with Crippen LogP contribution in [0.1, 0.15) is 60.1 Å². The molecule has 1 aliphatic heterocycles. The number of nitrogens with two attached hydrogens (primary N) is 1. The van der Waals surface area contributed by atoms with Gasteiger partial charge in [0.1, 0.15) is 0 Å². The molecular formula is C24H31N3O5. The standard InChI is InChI=1S/C21H25N3O5.C3H6/c1-3-29-18-11-13(7-8-17(18)28-2)16(9-10-22)24-12-14-5-4-6-15(23-21(26)27)19(14)20(24)25;1-2-3-1/h4-8,11,16,23H,3,9-10,12,22H2,1-2H3,(H,26,27);1-3H2/t16-;/m1./s1. The first kappa shape index (κ1) is 23.4. The molecule has 1 atom stereocenters. The molecule has 172 valence electrons. The minimum Gasteiger partial charge on any atom is -0.493 e. The van der Waals surface area contributed by atoms with Crippen molar-refractivity contribution in [3.8, 4) is 11.5 Å². The zero-order chi connectivity index (χ0) is 23.1. The van der Waals surface area contributed by atoms with Crippen LogP contribution >= 0.6 is 0 Å². The van der Waals surface area contributed by atoms with E-state index in [2.05, 4.69) is 5.32 Å². The van der Waals surface area contributed by atoms with Gasteiger partial charge in [0.05, 0.1) is 31.0 Å². The molecule has 1 aliphatic carbocycles. The van der Waals surface area contributed by atoms with E-state index in [0.717, 1.165) is 11.1 Å². The van der Waals surface area contributed by atoms with Crippen molar-refractivity contribution in [3.05, 3.63) is 53.1 Å². The molecule has 4 rings (SSSR count). The molecule has 8 nitrogen and oxygen atoms in total. The van der Waals surface area contributed by atoms with Gasteiger partial charge in [-0.2, -0.15) is 0 Å². The number of amides is 2. The first-order chi connectivity index (χ1) is 15.5. The smallest absolute Gasteiger partial charge is 0.409 e. The van der Waals surface area contributed by atoms with Crippen molar-refractivity contribution in [2.75, 3.05) is 25.6 Å². The van der Waals surface area contributed by atoms with E-state index in [1.165, 1.54) is 19.3 Å². The topological polar surface area (TPSA) is 114 Å². The lowest BCUT2D eigenvalue weighted by atomic mass is 10.0. The van der Waals surface area contributed by atoms with E-state index in [-0.39, 0.29) is 11.9 Å². The van der Waals surface area contributed by atoms with Gasteiger partial charge in [0.25, 0.3) is 5.91 Å². The van der Waals surface area contributed by atoms with E-state index in [0.29, 0.717) is 48.9 Å². The lowest BCUT2D eigenvalue weighted by molar-refractivity contribution is 0.0694. The molecule has 0 bridgehead atoms. The van der Waals surface area contributed by atoms with E-state index in [4.69, 9.17) is 20.3 Å². The van der Waals surface area contributed by atoms with Crippen LogP contribution < -0.4 is 20.5 Å². The van der Waals surface area contributed by atoms with E-state index in [1.54, 1.807) is 24.1 Å². The molecule has 0 aromatic heterocycles. The third-order valence-corrected chi connectivity index (χ3v) is 5.25. The third-order valence-electron chi connectivity index (χ3n) is 5.25. The fourth-order valence-corrected chi connectivity index (χ4v) is 3.68. The van der Waals surface area contributed by atoms with Crippen molar-refractivity contribution in [1.29, 1.82) is 0 Å². The van der Waals surface area contributed by atoms with Gasteiger partial charge in [-0.3, -0.25) is 10.1 Å². The Morgan fingerprint density at radius 3 is 2.56 bits per heavy atom. The first-order valence-electron chi connectivity index (χ1n) is 10.9. The fourth-order valence-electron chi connectivity index (χ4n) is 3.68. The number of nitrogens with one attached hydrogen (secondary N) is 1. The van der Waals surface area contributed by atoms with Crippen LogP contribution in [-0.4, -0.2) is 42.3 Å². The summed E-state index contributed by atoms with van der Waals surface area (Å²) < 4.78 is 11.0. The van der Waals surface area contributed by atoms with E-state index < -0.39 is 6.09 Å². The fraction of sp³-hybridized carbons (Fsp3) is 0.417. The van der Waals surface area contributed by atoms with Crippen LogP contribution in [0.25, 0.3) is 0 Å². The van der Waals surface area contributed by atoms with Crippen LogP contribution in [0.4, 0.5) is 10.5 Å². The molecule has 2 aliphatic rings. The van der Waals surface area contributed by atoms with Crippen LogP contribution in [0.2, 0.25) is 0 Å². The molecule has 0 radical (unpaired) electrons. The van der Waals surface area contributed by atoms with Crippen LogP contribution in [0.3, 0.4) is 0 Å². The number of carbonyl (C=O) groups excluding carboxylic acids is 1. The number of hydrogen-bond acceptors (Lipinski definition) is 5. The van der Waals surface area contributed by atoms with Gasteiger partial charge >= 0.3 is 6.09 Å². The van der Waals surface area contributed by atoms with Gasteiger partial charge in [0.2, 0.25) is 0 Å². The highest BCUT2D eigenvalue weighted by Gasteiger charge is 2.35. The average Bonchev–Trinajstić information content (AvgIpc) is 3.62. The summed E-state index contributed by atoms with van der Waals surface area (Å²) in [7, 11) is 1.58. The highest BCUT2D eigenvalue weighted by Crippen LogP contribution is 2.39. The van der Waals surface area contributed by atoms with E-state index in [9.17, 15) is 9.59 Å². The summed E-state index contributed by atoms with van der Waals surface area (Å²) in [6.45, 7) is 3.14. The molecule has 1 heterocycles. The molecule has 4 N–H and O–H groups in total. The van der Waals surface area contributed by atoms with E-state index in [1.807, 2.05) is 31.2 Å². The monoisotopic (exact) mass is 441 g/mol. The number of carbonyl (C=O) groups is 2. The molecule has 0 unspecified atom stereocenters. The number of rotatable bonds is 8. The predicted molar refractivity (Wildman–Crippen MR) is 122 cm³/mol.